The summed E-state index contributed by atoms with van der Waals surface area (Å²) in [6.45, 7) is 6.29. The molecule has 0 aliphatic heterocycles. The normalized spacial score (nSPS) is 12.2. The van der Waals surface area contributed by atoms with Gasteiger partial charge in [0.25, 0.3) is 10.2 Å². The van der Waals surface area contributed by atoms with Crippen LogP contribution in [0.5, 0.6) is 0 Å². The molecule has 0 radical (unpaired) electrons. The average molecular weight is 319 g/mol. The number of nitrogens with one attached hydrogen (secondary N) is 2. The van der Waals surface area contributed by atoms with E-state index in [0.29, 0.717) is 24.7 Å². The highest BCUT2D eigenvalue weighted by Gasteiger charge is 2.16. The molecule has 1 heterocycles. The number of hydrogen-bond acceptors (Lipinski definition) is 6. The maximum absolute atomic E-state index is 12.0. The van der Waals surface area contributed by atoms with Crippen molar-refractivity contribution in [1.82, 2.24) is 24.5 Å². The molecule has 0 aliphatic carbocycles. The van der Waals surface area contributed by atoms with Crippen LogP contribution in [0.25, 0.3) is 0 Å². The van der Waals surface area contributed by atoms with Crippen LogP contribution in [0.4, 0.5) is 0 Å². The SMILES string of the molecule is CCCNCCCN(C)S(=O)(=O)NCCc1noc(C)n1. The van der Waals surface area contributed by atoms with Crippen molar-refractivity contribution in [3.63, 3.8) is 0 Å². The van der Waals surface area contributed by atoms with Crippen molar-refractivity contribution in [3.8, 4) is 0 Å². The fraction of sp³-hybridized carbons (Fsp3) is 0.833. The van der Waals surface area contributed by atoms with Crippen LogP contribution in [0.3, 0.4) is 0 Å². The number of hydrogen-bond donors (Lipinski definition) is 2. The quantitative estimate of drug-likeness (QED) is 0.560. The molecule has 1 rings (SSSR count). The van der Waals surface area contributed by atoms with E-state index in [1.54, 1.807) is 14.0 Å². The standard InChI is InChI=1S/C12H25N5O3S/c1-4-7-13-8-5-10-17(3)21(18,19)14-9-6-12-15-11(2)20-16-12/h13-14H,4-10H2,1-3H3. The highest BCUT2D eigenvalue weighted by molar-refractivity contribution is 7.87. The molecule has 0 atom stereocenters. The number of aromatic nitrogens is 2. The lowest BCUT2D eigenvalue weighted by Crippen LogP contribution is -2.40. The molecule has 1 aromatic heterocycles. The fourth-order valence-electron chi connectivity index (χ4n) is 1.69. The zero-order chi connectivity index (χ0) is 15.7. The molecule has 0 amide bonds. The van der Waals surface area contributed by atoms with Gasteiger partial charge in [0.15, 0.2) is 5.82 Å². The van der Waals surface area contributed by atoms with Crippen molar-refractivity contribution >= 4 is 10.2 Å². The topological polar surface area (TPSA) is 100 Å². The fourth-order valence-corrected chi connectivity index (χ4v) is 2.64. The molecule has 0 bridgehead atoms. The Morgan fingerprint density at radius 3 is 2.67 bits per heavy atom. The van der Waals surface area contributed by atoms with Crippen LogP contribution in [-0.4, -0.2) is 56.1 Å². The smallest absolute Gasteiger partial charge is 0.279 e. The Labute approximate surface area is 126 Å². The van der Waals surface area contributed by atoms with Gasteiger partial charge in [-0.1, -0.05) is 12.1 Å². The van der Waals surface area contributed by atoms with E-state index in [1.807, 2.05) is 0 Å². The van der Waals surface area contributed by atoms with Crippen LogP contribution >= 0.6 is 0 Å². The van der Waals surface area contributed by atoms with Gasteiger partial charge in [0.05, 0.1) is 0 Å². The van der Waals surface area contributed by atoms with Gasteiger partial charge < -0.3 is 9.84 Å². The van der Waals surface area contributed by atoms with Crippen LogP contribution in [0.15, 0.2) is 4.52 Å². The van der Waals surface area contributed by atoms with Crippen LogP contribution in [0.2, 0.25) is 0 Å². The van der Waals surface area contributed by atoms with E-state index in [9.17, 15) is 8.42 Å². The minimum atomic E-state index is -3.45. The van der Waals surface area contributed by atoms with Crippen molar-refractivity contribution in [1.29, 1.82) is 0 Å². The number of aryl methyl sites for hydroxylation is 1. The summed E-state index contributed by atoms with van der Waals surface area (Å²) >= 11 is 0. The lowest BCUT2D eigenvalue weighted by Gasteiger charge is -2.17. The second-order valence-electron chi connectivity index (χ2n) is 4.80. The van der Waals surface area contributed by atoms with E-state index >= 15 is 0 Å². The first kappa shape index (κ1) is 18.0. The summed E-state index contributed by atoms with van der Waals surface area (Å²) in [5.74, 6) is 0.978. The first-order chi connectivity index (χ1) is 9.95. The largest absolute Gasteiger partial charge is 0.340 e. The van der Waals surface area contributed by atoms with Gasteiger partial charge in [-0.15, -0.1) is 0 Å². The second kappa shape index (κ2) is 9.08. The highest BCUT2D eigenvalue weighted by atomic mass is 32.2. The van der Waals surface area contributed by atoms with E-state index < -0.39 is 10.2 Å². The van der Waals surface area contributed by atoms with Gasteiger partial charge in [0.2, 0.25) is 5.89 Å². The monoisotopic (exact) mass is 319 g/mol. The summed E-state index contributed by atoms with van der Waals surface area (Å²) in [5.41, 5.74) is 0. The van der Waals surface area contributed by atoms with Gasteiger partial charge in [-0.2, -0.15) is 17.7 Å². The number of nitrogens with zero attached hydrogens (tertiary/aromatic N) is 3. The van der Waals surface area contributed by atoms with Crippen molar-refractivity contribution in [2.45, 2.75) is 33.1 Å². The van der Waals surface area contributed by atoms with E-state index in [-0.39, 0.29) is 6.54 Å². The Bertz CT molecular complexity index is 503. The van der Waals surface area contributed by atoms with Gasteiger partial charge in [0, 0.05) is 33.5 Å². The lowest BCUT2D eigenvalue weighted by molar-refractivity contribution is 0.387. The molecule has 122 valence electrons. The summed E-state index contributed by atoms with van der Waals surface area (Å²) in [6.07, 6.45) is 2.26. The highest BCUT2D eigenvalue weighted by Crippen LogP contribution is 1.98. The first-order valence-electron chi connectivity index (χ1n) is 7.16. The summed E-state index contributed by atoms with van der Waals surface area (Å²) in [7, 11) is -1.88. The van der Waals surface area contributed by atoms with Crippen LogP contribution in [0, 0.1) is 6.92 Å². The third kappa shape index (κ3) is 6.98. The van der Waals surface area contributed by atoms with Crippen LogP contribution < -0.4 is 10.0 Å². The molecule has 0 fully saturated rings. The van der Waals surface area contributed by atoms with Gasteiger partial charge in [0.1, 0.15) is 0 Å². The third-order valence-corrected chi connectivity index (χ3v) is 4.44. The molecule has 0 spiro atoms. The molecule has 0 aliphatic rings. The maximum atomic E-state index is 12.0. The molecular weight excluding hydrogens is 294 g/mol. The van der Waals surface area contributed by atoms with Gasteiger partial charge in [-0.3, -0.25) is 0 Å². The predicted octanol–water partition coefficient (Wildman–Crippen LogP) is 0.0764. The van der Waals surface area contributed by atoms with E-state index in [4.69, 9.17) is 4.52 Å². The molecule has 8 nitrogen and oxygen atoms in total. The van der Waals surface area contributed by atoms with E-state index in [2.05, 4.69) is 27.1 Å². The molecule has 0 saturated heterocycles. The molecule has 2 N–H and O–H groups in total. The van der Waals surface area contributed by atoms with Crippen molar-refractivity contribution in [2.75, 3.05) is 33.2 Å². The molecule has 21 heavy (non-hydrogen) atoms. The van der Waals surface area contributed by atoms with Crippen LogP contribution in [-0.2, 0) is 16.6 Å². The van der Waals surface area contributed by atoms with Crippen LogP contribution in [0.1, 0.15) is 31.5 Å². The van der Waals surface area contributed by atoms with E-state index in [1.165, 1.54) is 4.31 Å². The third-order valence-electron chi connectivity index (χ3n) is 2.87. The molecule has 9 heteroatoms. The van der Waals surface area contributed by atoms with Gasteiger partial charge in [-0.25, -0.2) is 4.72 Å². The lowest BCUT2D eigenvalue weighted by atomic mass is 10.4. The number of rotatable bonds is 11. The summed E-state index contributed by atoms with van der Waals surface area (Å²) < 4.78 is 32.6. The minimum absolute atomic E-state index is 0.250. The van der Waals surface area contributed by atoms with Crippen molar-refractivity contribution < 1.29 is 12.9 Å². The second-order valence-corrected chi connectivity index (χ2v) is 6.67. The molecule has 0 saturated carbocycles. The summed E-state index contributed by atoms with van der Waals surface area (Å²) in [4.78, 5) is 4.02. The minimum Gasteiger partial charge on any atom is -0.340 e. The van der Waals surface area contributed by atoms with Crippen molar-refractivity contribution in [2.24, 2.45) is 0 Å². The van der Waals surface area contributed by atoms with Gasteiger partial charge in [-0.05, 0) is 25.9 Å². The average Bonchev–Trinajstić information content (AvgIpc) is 2.83. The Kier molecular flexibility index (Phi) is 7.79. The summed E-state index contributed by atoms with van der Waals surface area (Å²) in [5, 5.41) is 6.96. The Morgan fingerprint density at radius 2 is 2.05 bits per heavy atom. The van der Waals surface area contributed by atoms with Crippen molar-refractivity contribution in [3.05, 3.63) is 11.7 Å². The maximum Gasteiger partial charge on any atom is 0.279 e. The Balaban J connectivity index is 2.24. The molecule has 0 unspecified atom stereocenters. The zero-order valence-electron chi connectivity index (χ0n) is 12.9. The van der Waals surface area contributed by atoms with Gasteiger partial charge >= 0.3 is 0 Å². The molecule has 1 aromatic rings. The Hall–Kier alpha value is -1.03. The zero-order valence-corrected chi connectivity index (χ0v) is 13.7. The Morgan fingerprint density at radius 1 is 1.29 bits per heavy atom. The molecule has 0 aromatic carbocycles. The molecular formula is C12H25N5O3S. The predicted molar refractivity (Wildman–Crippen MR) is 80.1 cm³/mol. The first-order valence-corrected chi connectivity index (χ1v) is 8.60. The summed E-state index contributed by atoms with van der Waals surface area (Å²) in [6, 6.07) is 0. The van der Waals surface area contributed by atoms with E-state index in [0.717, 1.165) is 25.9 Å².